The number of para-hydroxylation sites is 2. The maximum absolute atomic E-state index is 2.43. The van der Waals surface area contributed by atoms with Crippen molar-refractivity contribution >= 4 is 55.7 Å². The molecule has 14 aromatic rings. The molecule has 0 saturated heterocycles. The van der Waals surface area contributed by atoms with Gasteiger partial charge in [0.2, 0.25) is 0 Å². The van der Waals surface area contributed by atoms with Crippen LogP contribution in [0.4, 0.5) is 34.1 Å². The summed E-state index contributed by atoms with van der Waals surface area (Å²) in [4.78, 5) is 4.86. The zero-order chi connectivity index (χ0) is 58.7. The predicted octanol–water partition coefficient (Wildman–Crippen LogP) is 24.1. The van der Waals surface area contributed by atoms with E-state index in [1.54, 1.807) is 0 Å². The Morgan fingerprint density at radius 1 is 0.195 bits per heavy atom. The SMILES string of the molecule is Cc1ccccc1-c1ccc(-c2ccccc2C)c(-c2cccc3c(N(c4ccccc4)c4ccc(-c5ccc(N(c6ccccc6)c6ccc7c8c(cccc68)-c6c(-c8ccccc8C)ccc(-c8ccccc8C)c6-7)cc5)cc4)ccc(C)c23)c1. The molecule has 2 heteroatoms. The topological polar surface area (TPSA) is 6.48 Å². The lowest BCUT2D eigenvalue weighted by Gasteiger charge is -2.28. The quantitative estimate of drug-likeness (QED) is 0.120. The highest BCUT2D eigenvalue weighted by atomic mass is 15.1. The number of aryl methyl sites for hydroxylation is 5. The zero-order valence-corrected chi connectivity index (χ0v) is 49.7. The average Bonchev–Trinajstić information content (AvgIpc) is 1.62. The lowest BCUT2D eigenvalue weighted by atomic mass is 9.86. The van der Waals surface area contributed by atoms with Crippen LogP contribution in [0, 0.1) is 34.6 Å². The van der Waals surface area contributed by atoms with E-state index in [9.17, 15) is 0 Å². The standard InChI is InChI=1S/C85H64N2/c1-55-22-12-16-30-67(55)62-43-48-71(68-31-17-13-23-56(68)2)79(54-62)72-34-20-35-75-80(52-38-59(5)82(72)75)86(63-26-8-6-9-27-63)65-44-39-60(40-45-65)61-41-46-66(47-42-61)87(64-28-10-7-11-29-64)81-53-51-78-83-76(81)36-21-37-77(83)84-73(69-32-18-14-24-57(69)3)49-50-74(85(78)84)70-33-19-15-25-58(70)4/h6-54H,1-5H3. The fourth-order valence-corrected chi connectivity index (χ4v) is 13.9. The van der Waals surface area contributed by atoms with Crippen LogP contribution in [0.2, 0.25) is 0 Å². The summed E-state index contributed by atoms with van der Waals surface area (Å²) in [5.41, 5.74) is 32.8. The molecule has 0 amide bonds. The zero-order valence-electron chi connectivity index (χ0n) is 49.7. The van der Waals surface area contributed by atoms with E-state index in [0.29, 0.717) is 0 Å². The number of benzene rings is 14. The lowest BCUT2D eigenvalue weighted by molar-refractivity contribution is 1.29. The molecule has 0 bridgehead atoms. The summed E-state index contributed by atoms with van der Waals surface area (Å²) < 4.78 is 0. The molecule has 1 aliphatic rings. The molecule has 0 radical (unpaired) electrons. The van der Waals surface area contributed by atoms with Gasteiger partial charge in [0.25, 0.3) is 0 Å². The average molecular weight is 1110 g/mol. The summed E-state index contributed by atoms with van der Waals surface area (Å²) in [7, 11) is 0. The minimum absolute atomic E-state index is 1.08. The second kappa shape index (κ2) is 22.0. The number of rotatable bonds is 12. The van der Waals surface area contributed by atoms with Crippen LogP contribution in [0.1, 0.15) is 27.8 Å². The van der Waals surface area contributed by atoms with Crippen LogP contribution in [-0.2, 0) is 0 Å². The molecule has 2 nitrogen and oxygen atoms in total. The molecule has 0 unspecified atom stereocenters. The van der Waals surface area contributed by atoms with Crippen molar-refractivity contribution in [2.45, 2.75) is 34.6 Å². The Labute approximate surface area is 511 Å². The minimum Gasteiger partial charge on any atom is -0.310 e. The molecule has 414 valence electrons. The minimum atomic E-state index is 1.08. The molecule has 0 fully saturated rings. The van der Waals surface area contributed by atoms with Crippen molar-refractivity contribution < 1.29 is 0 Å². The summed E-state index contributed by atoms with van der Waals surface area (Å²) in [5, 5.41) is 4.95. The molecule has 1 aliphatic carbocycles. The van der Waals surface area contributed by atoms with Crippen LogP contribution in [-0.4, -0.2) is 0 Å². The number of hydrogen-bond acceptors (Lipinski definition) is 2. The third-order valence-electron chi connectivity index (χ3n) is 18.2. The maximum atomic E-state index is 2.43. The maximum Gasteiger partial charge on any atom is 0.0540 e. The summed E-state index contributed by atoms with van der Waals surface area (Å²) in [5.74, 6) is 0. The van der Waals surface area contributed by atoms with E-state index in [1.807, 2.05) is 0 Å². The summed E-state index contributed by atoms with van der Waals surface area (Å²) in [6.45, 7) is 11.1. The van der Waals surface area contributed by atoms with Gasteiger partial charge in [-0.05, 0) is 229 Å². The third-order valence-corrected chi connectivity index (χ3v) is 18.2. The molecule has 0 saturated carbocycles. The molecule has 0 aromatic heterocycles. The Morgan fingerprint density at radius 2 is 0.552 bits per heavy atom. The van der Waals surface area contributed by atoms with Crippen molar-refractivity contribution in [2.24, 2.45) is 0 Å². The second-order valence-corrected chi connectivity index (χ2v) is 23.4. The van der Waals surface area contributed by atoms with Crippen LogP contribution in [0.3, 0.4) is 0 Å². The van der Waals surface area contributed by atoms with Gasteiger partial charge < -0.3 is 9.80 Å². The molecule has 87 heavy (non-hydrogen) atoms. The molecule has 0 heterocycles. The highest BCUT2D eigenvalue weighted by molar-refractivity contribution is 6.24. The van der Waals surface area contributed by atoms with E-state index in [-0.39, 0.29) is 0 Å². The molecule has 0 N–H and O–H groups in total. The normalized spacial score (nSPS) is 11.5. The van der Waals surface area contributed by atoms with Gasteiger partial charge in [0.05, 0.1) is 11.4 Å². The van der Waals surface area contributed by atoms with Crippen LogP contribution in [0.5, 0.6) is 0 Å². The Hall–Kier alpha value is -10.8. The van der Waals surface area contributed by atoms with E-state index in [4.69, 9.17) is 0 Å². The predicted molar refractivity (Wildman–Crippen MR) is 372 cm³/mol. The first-order chi connectivity index (χ1) is 42.8. The van der Waals surface area contributed by atoms with Crippen molar-refractivity contribution in [1.29, 1.82) is 0 Å². The number of fused-ring (bicyclic) bond motifs is 4. The van der Waals surface area contributed by atoms with Crippen LogP contribution in [0.25, 0.3) is 111 Å². The van der Waals surface area contributed by atoms with Crippen LogP contribution in [0.15, 0.2) is 297 Å². The van der Waals surface area contributed by atoms with E-state index in [2.05, 4.69) is 342 Å². The van der Waals surface area contributed by atoms with Crippen LogP contribution < -0.4 is 9.80 Å². The highest BCUT2D eigenvalue weighted by Gasteiger charge is 2.31. The lowest BCUT2D eigenvalue weighted by Crippen LogP contribution is -2.11. The van der Waals surface area contributed by atoms with Gasteiger partial charge in [-0.2, -0.15) is 0 Å². The highest BCUT2D eigenvalue weighted by Crippen LogP contribution is 2.57. The van der Waals surface area contributed by atoms with Crippen molar-refractivity contribution in [1.82, 2.24) is 0 Å². The smallest absolute Gasteiger partial charge is 0.0540 e. The molecular formula is C85H64N2. The Kier molecular flexibility index (Phi) is 13.4. The molecule has 14 aromatic carbocycles. The fraction of sp³-hybridized carbons (Fsp3) is 0.0588. The van der Waals surface area contributed by atoms with Crippen molar-refractivity contribution in [3.63, 3.8) is 0 Å². The number of hydrogen-bond donors (Lipinski definition) is 0. The van der Waals surface area contributed by atoms with Gasteiger partial charge in [0, 0.05) is 33.5 Å². The summed E-state index contributed by atoms with van der Waals surface area (Å²) in [6, 6.07) is 110. The van der Waals surface area contributed by atoms with Crippen molar-refractivity contribution in [3.8, 4) is 89.0 Å². The van der Waals surface area contributed by atoms with E-state index in [1.165, 1.54) is 127 Å². The third kappa shape index (κ3) is 9.21. The largest absolute Gasteiger partial charge is 0.310 e. The second-order valence-electron chi connectivity index (χ2n) is 23.4. The van der Waals surface area contributed by atoms with Crippen LogP contribution >= 0.6 is 0 Å². The molecule has 0 aliphatic heterocycles. The van der Waals surface area contributed by atoms with Gasteiger partial charge in [-0.3, -0.25) is 0 Å². The first kappa shape index (κ1) is 53.0. The molecule has 15 rings (SSSR count). The van der Waals surface area contributed by atoms with Gasteiger partial charge in [-0.1, -0.05) is 231 Å². The Morgan fingerprint density at radius 3 is 1.05 bits per heavy atom. The van der Waals surface area contributed by atoms with Gasteiger partial charge in [0.1, 0.15) is 0 Å². The van der Waals surface area contributed by atoms with Crippen molar-refractivity contribution in [3.05, 3.63) is 325 Å². The Balaban J connectivity index is 0.813. The van der Waals surface area contributed by atoms with E-state index in [0.717, 1.165) is 45.3 Å². The summed E-state index contributed by atoms with van der Waals surface area (Å²) in [6.07, 6.45) is 0. The van der Waals surface area contributed by atoms with Crippen molar-refractivity contribution in [2.75, 3.05) is 9.80 Å². The van der Waals surface area contributed by atoms with Gasteiger partial charge in [0.15, 0.2) is 0 Å². The van der Waals surface area contributed by atoms with Gasteiger partial charge in [-0.25, -0.2) is 0 Å². The van der Waals surface area contributed by atoms with E-state index < -0.39 is 0 Å². The summed E-state index contributed by atoms with van der Waals surface area (Å²) >= 11 is 0. The Bertz CT molecular complexity index is 4880. The molecular weight excluding hydrogens is 1050 g/mol. The first-order valence-electron chi connectivity index (χ1n) is 30.3. The van der Waals surface area contributed by atoms with E-state index >= 15 is 0 Å². The van der Waals surface area contributed by atoms with Gasteiger partial charge >= 0.3 is 0 Å². The molecule has 0 spiro atoms. The number of anilines is 6. The molecule has 0 atom stereocenters. The van der Waals surface area contributed by atoms with Gasteiger partial charge in [-0.15, -0.1) is 0 Å². The monoisotopic (exact) mass is 1110 g/mol. The first-order valence-corrected chi connectivity index (χ1v) is 30.3. The number of nitrogens with zero attached hydrogens (tertiary/aromatic N) is 2. The fourth-order valence-electron chi connectivity index (χ4n) is 13.9.